The van der Waals surface area contributed by atoms with Crippen LogP contribution < -0.4 is 0 Å². The molecule has 3 heteroatoms. The highest BCUT2D eigenvalue weighted by Gasteiger charge is 2.26. The molecule has 0 fully saturated rings. The molecule has 6 rings (SSSR count). The topological polar surface area (TPSA) is 9.86 Å². The monoisotopic (exact) mass is 478 g/mol. The lowest BCUT2D eigenvalue weighted by molar-refractivity contribution is 0.916. The van der Waals surface area contributed by atoms with E-state index in [1.807, 2.05) is 0 Å². The Balaban J connectivity index is 1.75. The van der Waals surface area contributed by atoms with Crippen molar-refractivity contribution < 1.29 is 0 Å². The average molecular weight is 479 g/mol. The Bertz CT molecular complexity index is 1610. The minimum absolute atomic E-state index is 0.116. The van der Waals surface area contributed by atoms with Crippen molar-refractivity contribution in [2.45, 2.75) is 5.92 Å². The number of fused-ring (bicyclic) bond motifs is 3. The molecule has 0 aliphatic rings. The molecule has 6 aromatic rings. The molecule has 1 unspecified atom stereocenters. The predicted molar refractivity (Wildman–Crippen MR) is 138 cm³/mol. The normalized spacial score (nSPS) is 12.7. The van der Waals surface area contributed by atoms with Crippen molar-refractivity contribution in [3.8, 4) is 0 Å². The summed E-state index contributed by atoms with van der Waals surface area (Å²) in [7, 11) is 4.29. The number of aryl methyl sites for hydroxylation is 2. The number of halogens is 1. The summed E-state index contributed by atoms with van der Waals surface area (Å²) in [5.74, 6) is 0.116. The van der Waals surface area contributed by atoms with Crippen LogP contribution in [0, 0.1) is 0 Å². The molecule has 4 aromatic carbocycles. The Hall–Kier alpha value is -3.30. The molecule has 0 amide bonds. The van der Waals surface area contributed by atoms with Gasteiger partial charge >= 0.3 is 0 Å². The highest BCUT2D eigenvalue weighted by atomic mass is 79.9. The standard InChI is InChI=1S/C29H23BrN2/c1-31-17-25(22-11-5-6-13-27(22)31)29(23-12-7-9-19-8-3-4-10-21(19)23)26-18-32(2)28-15-14-20(30)16-24(26)28/h3-18,29H,1-2H3. The molecule has 0 aliphatic heterocycles. The quantitative estimate of drug-likeness (QED) is 0.245. The van der Waals surface area contributed by atoms with Crippen molar-refractivity contribution in [2.24, 2.45) is 14.1 Å². The molecular weight excluding hydrogens is 456 g/mol. The SMILES string of the molecule is Cn1cc(C(c2cccc3ccccc23)c2cn(C)c3ccc(Br)cc23)c2ccccc21. The number of para-hydroxylation sites is 1. The Morgan fingerprint density at radius 2 is 1.22 bits per heavy atom. The highest BCUT2D eigenvalue weighted by molar-refractivity contribution is 9.10. The van der Waals surface area contributed by atoms with E-state index >= 15 is 0 Å². The molecular formula is C29H23BrN2. The molecule has 0 saturated carbocycles. The van der Waals surface area contributed by atoms with Crippen LogP contribution in [0.5, 0.6) is 0 Å². The zero-order valence-electron chi connectivity index (χ0n) is 18.1. The Morgan fingerprint density at radius 1 is 0.594 bits per heavy atom. The lowest BCUT2D eigenvalue weighted by Crippen LogP contribution is -2.04. The minimum Gasteiger partial charge on any atom is -0.350 e. The molecule has 156 valence electrons. The lowest BCUT2D eigenvalue weighted by Gasteiger charge is -2.20. The molecule has 32 heavy (non-hydrogen) atoms. The Morgan fingerprint density at radius 3 is 2.03 bits per heavy atom. The summed E-state index contributed by atoms with van der Waals surface area (Å²) >= 11 is 3.71. The third-order valence-corrected chi connectivity index (χ3v) is 7.16. The van der Waals surface area contributed by atoms with E-state index in [1.54, 1.807) is 0 Å². The van der Waals surface area contributed by atoms with E-state index in [9.17, 15) is 0 Å². The van der Waals surface area contributed by atoms with Crippen LogP contribution >= 0.6 is 15.9 Å². The minimum atomic E-state index is 0.116. The van der Waals surface area contributed by atoms with Gasteiger partial charge in [-0.2, -0.15) is 0 Å². The van der Waals surface area contributed by atoms with Crippen molar-refractivity contribution in [1.29, 1.82) is 0 Å². The Labute approximate surface area is 195 Å². The molecule has 2 aromatic heterocycles. The molecule has 0 radical (unpaired) electrons. The first kappa shape index (κ1) is 19.4. The zero-order valence-corrected chi connectivity index (χ0v) is 19.7. The Kier molecular flexibility index (Phi) is 4.48. The second-order valence-electron chi connectivity index (χ2n) is 8.57. The summed E-state index contributed by atoms with van der Waals surface area (Å²) in [6.07, 6.45) is 4.62. The van der Waals surface area contributed by atoms with E-state index < -0.39 is 0 Å². The van der Waals surface area contributed by atoms with Crippen LogP contribution in [0.3, 0.4) is 0 Å². The largest absolute Gasteiger partial charge is 0.350 e. The summed E-state index contributed by atoms with van der Waals surface area (Å²) in [4.78, 5) is 0. The van der Waals surface area contributed by atoms with Crippen molar-refractivity contribution in [1.82, 2.24) is 9.13 Å². The smallest absolute Gasteiger partial charge is 0.0481 e. The molecule has 1 atom stereocenters. The predicted octanol–water partition coefficient (Wildman–Crippen LogP) is 7.77. The van der Waals surface area contributed by atoms with Gasteiger partial charge in [0.1, 0.15) is 0 Å². The lowest BCUT2D eigenvalue weighted by atomic mass is 9.82. The number of rotatable bonds is 3. The average Bonchev–Trinajstić information content (AvgIpc) is 3.31. The van der Waals surface area contributed by atoms with Gasteiger partial charge in [-0.1, -0.05) is 76.6 Å². The summed E-state index contributed by atoms with van der Waals surface area (Å²) < 4.78 is 5.61. The molecule has 0 saturated heterocycles. The summed E-state index contributed by atoms with van der Waals surface area (Å²) in [6, 6.07) is 30.7. The number of aromatic nitrogens is 2. The summed E-state index contributed by atoms with van der Waals surface area (Å²) in [5, 5.41) is 5.17. The van der Waals surface area contributed by atoms with E-state index in [0.717, 1.165) is 4.47 Å². The first-order valence-corrected chi connectivity index (χ1v) is 11.7. The van der Waals surface area contributed by atoms with E-state index in [1.165, 1.54) is 49.3 Å². The third kappa shape index (κ3) is 2.92. The fourth-order valence-corrected chi connectivity index (χ4v) is 5.59. The van der Waals surface area contributed by atoms with Gasteiger partial charge in [0, 0.05) is 58.7 Å². The second kappa shape index (κ2) is 7.39. The highest BCUT2D eigenvalue weighted by Crippen LogP contribution is 2.43. The third-order valence-electron chi connectivity index (χ3n) is 6.67. The maximum atomic E-state index is 3.71. The fourth-order valence-electron chi connectivity index (χ4n) is 5.23. The van der Waals surface area contributed by atoms with Crippen LogP contribution in [0.15, 0.2) is 102 Å². The van der Waals surface area contributed by atoms with Crippen LogP contribution in [0.25, 0.3) is 32.6 Å². The molecule has 0 spiro atoms. The van der Waals surface area contributed by atoms with Gasteiger partial charge in [-0.3, -0.25) is 0 Å². The number of hydrogen-bond donors (Lipinski definition) is 0. The first-order chi connectivity index (χ1) is 15.6. The van der Waals surface area contributed by atoms with Gasteiger partial charge in [0.25, 0.3) is 0 Å². The molecule has 0 N–H and O–H groups in total. The number of nitrogens with zero attached hydrogens (tertiary/aromatic N) is 2. The number of benzene rings is 4. The van der Waals surface area contributed by atoms with Crippen molar-refractivity contribution in [3.63, 3.8) is 0 Å². The maximum absolute atomic E-state index is 3.71. The molecule has 0 bridgehead atoms. The maximum Gasteiger partial charge on any atom is 0.0481 e. The zero-order chi connectivity index (χ0) is 21.8. The number of hydrogen-bond acceptors (Lipinski definition) is 0. The van der Waals surface area contributed by atoms with Gasteiger partial charge in [0.05, 0.1) is 0 Å². The molecule has 2 nitrogen and oxygen atoms in total. The van der Waals surface area contributed by atoms with Crippen LogP contribution in [-0.4, -0.2) is 9.13 Å². The van der Waals surface area contributed by atoms with E-state index in [4.69, 9.17) is 0 Å². The van der Waals surface area contributed by atoms with E-state index in [0.29, 0.717) is 0 Å². The van der Waals surface area contributed by atoms with Crippen molar-refractivity contribution >= 4 is 48.5 Å². The van der Waals surface area contributed by atoms with Crippen molar-refractivity contribution in [3.05, 3.63) is 118 Å². The van der Waals surface area contributed by atoms with E-state index in [-0.39, 0.29) is 5.92 Å². The van der Waals surface area contributed by atoms with Crippen LogP contribution in [0.4, 0.5) is 0 Å². The summed E-state index contributed by atoms with van der Waals surface area (Å²) in [6.45, 7) is 0. The molecule has 0 aliphatic carbocycles. The van der Waals surface area contributed by atoms with Gasteiger partial charge in [0.15, 0.2) is 0 Å². The first-order valence-electron chi connectivity index (χ1n) is 10.9. The second-order valence-corrected chi connectivity index (χ2v) is 9.49. The molecule has 2 heterocycles. The fraction of sp³-hybridized carbons (Fsp3) is 0.103. The van der Waals surface area contributed by atoms with Crippen LogP contribution in [0.2, 0.25) is 0 Å². The van der Waals surface area contributed by atoms with Crippen LogP contribution in [0.1, 0.15) is 22.6 Å². The van der Waals surface area contributed by atoms with Gasteiger partial charge < -0.3 is 9.13 Å². The van der Waals surface area contributed by atoms with Crippen LogP contribution in [-0.2, 0) is 14.1 Å². The van der Waals surface area contributed by atoms with Gasteiger partial charge in [-0.05, 0) is 51.7 Å². The van der Waals surface area contributed by atoms with Crippen molar-refractivity contribution in [2.75, 3.05) is 0 Å². The summed E-state index contributed by atoms with van der Waals surface area (Å²) in [5.41, 5.74) is 6.51. The van der Waals surface area contributed by atoms with E-state index in [2.05, 4.69) is 136 Å². The van der Waals surface area contributed by atoms with Gasteiger partial charge in [-0.25, -0.2) is 0 Å². The van der Waals surface area contributed by atoms with Gasteiger partial charge in [-0.15, -0.1) is 0 Å². The van der Waals surface area contributed by atoms with Gasteiger partial charge in [0.2, 0.25) is 0 Å².